The number of nitrogens with one attached hydrogen (secondary N) is 3. The number of aromatic nitrogens is 2. The lowest BCUT2D eigenvalue weighted by Gasteiger charge is -2.34. The highest BCUT2D eigenvalue weighted by atomic mass is 16.6. The number of hydrogen-bond donors (Lipinski definition) is 3. The number of amidine groups is 1. The molecule has 8 rings (SSSR count). The monoisotopic (exact) mass is 795 g/mol. The maximum absolute atomic E-state index is 14.0. The minimum Gasteiger partial charge on any atom is -0.488 e. The van der Waals surface area contributed by atoms with Crippen molar-refractivity contribution in [1.29, 1.82) is 0 Å². The maximum Gasteiger partial charge on any atom is 0.410 e. The number of carbonyl (C=O) groups excluding carboxylic acids is 3. The highest BCUT2D eigenvalue weighted by Gasteiger charge is 2.46. The molecule has 1 aromatic heterocycles. The number of carbonyl (C=O) groups is 3. The molecule has 58 heavy (non-hydrogen) atoms. The van der Waals surface area contributed by atoms with E-state index >= 15 is 0 Å². The zero-order valence-corrected chi connectivity index (χ0v) is 34.9. The zero-order chi connectivity index (χ0) is 41.0. The predicted molar refractivity (Wildman–Crippen MR) is 218 cm³/mol. The van der Waals surface area contributed by atoms with E-state index in [2.05, 4.69) is 52.9 Å². The maximum atomic E-state index is 14.0. The largest absolute Gasteiger partial charge is 0.488 e. The van der Waals surface area contributed by atoms with Crippen LogP contribution in [0.1, 0.15) is 102 Å². The van der Waals surface area contributed by atoms with Gasteiger partial charge in [-0.05, 0) is 112 Å². The number of ether oxygens (including phenoxy) is 4. The number of fused-ring (bicyclic) bond motifs is 6. The number of imidazole rings is 1. The molecule has 14 nitrogen and oxygen atoms in total. The molecular weight excluding hydrogens is 739 g/mol. The Morgan fingerprint density at radius 1 is 1.03 bits per heavy atom. The lowest BCUT2D eigenvalue weighted by molar-refractivity contribution is -0.136. The smallest absolute Gasteiger partial charge is 0.410 e. The summed E-state index contributed by atoms with van der Waals surface area (Å²) in [7, 11) is 2.99. The van der Waals surface area contributed by atoms with E-state index in [-0.39, 0.29) is 54.0 Å². The summed E-state index contributed by atoms with van der Waals surface area (Å²) in [6, 6.07) is 9.85. The molecule has 2 fully saturated rings. The van der Waals surface area contributed by atoms with Gasteiger partial charge in [0.25, 0.3) is 0 Å². The van der Waals surface area contributed by atoms with Crippen LogP contribution in [0.3, 0.4) is 0 Å². The molecule has 14 heteroatoms. The summed E-state index contributed by atoms with van der Waals surface area (Å²) in [6.45, 7) is 13.1. The van der Waals surface area contributed by atoms with Crippen LogP contribution < -0.4 is 15.4 Å². The molecule has 2 unspecified atom stereocenters. The van der Waals surface area contributed by atoms with Gasteiger partial charge in [-0.15, -0.1) is 0 Å². The van der Waals surface area contributed by atoms with Crippen LogP contribution in [0.2, 0.25) is 0 Å². The Balaban J connectivity index is 1.01. The molecule has 0 saturated carbocycles. The molecule has 3 amide bonds. The minimum atomic E-state index is -0.692. The quantitative estimate of drug-likeness (QED) is 0.226. The molecule has 3 aromatic rings. The van der Waals surface area contributed by atoms with Gasteiger partial charge >= 0.3 is 12.2 Å². The van der Waals surface area contributed by atoms with Gasteiger partial charge in [0.2, 0.25) is 5.91 Å². The summed E-state index contributed by atoms with van der Waals surface area (Å²) < 4.78 is 22.5. The standard InChI is InChI=1S/C44H57N7O7/c1-23(2)37(49-42(53)56-8)41(52)51-24(3)9-14-34(51)40-46-32-13-11-26-17-31-29-12-10-27(16-28(29)22-57-36(31)18-30(26)38(32)48-40)33-19-45-39(47-33)35-15-25(21-55-7)20-50(35)43(54)58-44(4,5)6/h10,12,16-19,23-25,32,34-35,37-38H,9,11,13-15,20-22H2,1-8H3,(H,45,47)(H,46,48)(H,49,53)/t24-,25-,32?,34-,35-,37-,38?/m0/s1. The van der Waals surface area contributed by atoms with E-state index in [0.29, 0.717) is 19.8 Å². The van der Waals surface area contributed by atoms with E-state index in [4.69, 9.17) is 28.9 Å². The van der Waals surface area contributed by atoms with Gasteiger partial charge in [0, 0.05) is 31.2 Å². The number of alkyl carbamates (subject to hydrolysis) is 1. The summed E-state index contributed by atoms with van der Waals surface area (Å²) in [4.78, 5) is 56.6. The summed E-state index contributed by atoms with van der Waals surface area (Å²) in [6.07, 6.45) is 5.10. The lowest BCUT2D eigenvalue weighted by Crippen LogP contribution is -2.56. The number of nitrogens with zero attached hydrogens (tertiary/aromatic N) is 4. The van der Waals surface area contributed by atoms with Crippen molar-refractivity contribution in [2.75, 3.05) is 27.4 Å². The number of rotatable bonds is 8. The van der Waals surface area contributed by atoms with E-state index in [9.17, 15) is 14.4 Å². The molecule has 2 aromatic carbocycles. The zero-order valence-electron chi connectivity index (χ0n) is 34.9. The Morgan fingerprint density at radius 3 is 2.59 bits per heavy atom. The number of aliphatic imine (C=N–C) groups is 1. The van der Waals surface area contributed by atoms with Crippen molar-refractivity contribution in [2.45, 2.75) is 122 Å². The van der Waals surface area contributed by atoms with Gasteiger partial charge in [0.05, 0.1) is 49.8 Å². The molecule has 0 bridgehead atoms. The van der Waals surface area contributed by atoms with Crippen molar-refractivity contribution in [2.24, 2.45) is 16.8 Å². The average Bonchev–Trinajstić information content (AvgIpc) is 4.00. The van der Waals surface area contributed by atoms with Crippen molar-refractivity contribution < 1.29 is 33.3 Å². The second-order valence-electron chi connectivity index (χ2n) is 17.9. The molecule has 310 valence electrons. The van der Waals surface area contributed by atoms with Gasteiger partial charge in [-0.3, -0.25) is 14.7 Å². The van der Waals surface area contributed by atoms with E-state index in [1.54, 1.807) is 12.0 Å². The van der Waals surface area contributed by atoms with Gasteiger partial charge in [0.1, 0.15) is 35.7 Å². The second kappa shape index (κ2) is 15.6. The number of amides is 3. The van der Waals surface area contributed by atoms with Crippen LogP contribution in [0, 0.1) is 11.8 Å². The summed E-state index contributed by atoms with van der Waals surface area (Å²) in [5.41, 5.74) is 7.01. The van der Waals surface area contributed by atoms with Gasteiger partial charge in [-0.2, -0.15) is 0 Å². The molecule has 4 aliphatic heterocycles. The first kappa shape index (κ1) is 39.7. The third-order valence-corrected chi connectivity index (χ3v) is 12.3. The Kier molecular flexibility index (Phi) is 10.7. The summed E-state index contributed by atoms with van der Waals surface area (Å²) >= 11 is 0. The van der Waals surface area contributed by atoms with Crippen LogP contribution in [0.4, 0.5) is 9.59 Å². The third kappa shape index (κ3) is 7.51. The van der Waals surface area contributed by atoms with Crippen LogP contribution in [0.15, 0.2) is 41.5 Å². The van der Waals surface area contributed by atoms with Crippen molar-refractivity contribution in [3.05, 3.63) is 59.0 Å². The Morgan fingerprint density at radius 2 is 1.84 bits per heavy atom. The van der Waals surface area contributed by atoms with Crippen LogP contribution >= 0.6 is 0 Å². The Labute approximate surface area is 340 Å². The lowest BCUT2D eigenvalue weighted by atomic mass is 9.82. The normalized spacial score (nSPS) is 25.2. The fraction of sp³-hybridized carbons (Fsp3) is 0.568. The van der Waals surface area contributed by atoms with Crippen molar-refractivity contribution >= 4 is 23.9 Å². The minimum absolute atomic E-state index is 0.0181. The Hall–Kier alpha value is -5.11. The van der Waals surface area contributed by atoms with Crippen LogP contribution in [-0.4, -0.2) is 101 Å². The summed E-state index contributed by atoms with van der Waals surface area (Å²) in [5, 5.41) is 6.49. The van der Waals surface area contributed by atoms with Crippen LogP contribution in [0.5, 0.6) is 5.75 Å². The second-order valence-corrected chi connectivity index (χ2v) is 17.9. The van der Waals surface area contributed by atoms with E-state index < -0.39 is 17.7 Å². The molecule has 5 aliphatic rings. The molecule has 0 radical (unpaired) electrons. The van der Waals surface area contributed by atoms with Crippen LogP contribution in [0.25, 0.3) is 22.4 Å². The number of hydrogen-bond acceptors (Lipinski definition) is 10. The fourth-order valence-electron chi connectivity index (χ4n) is 9.51. The van der Waals surface area contributed by atoms with Crippen molar-refractivity contribution in [3.63, 3.8) is 0 Å². The fourth-order valence-corrected chi connectivity index (χ4v) is 9.51. The molecule has 3 N–H and O–H groups in total. The number of H-pyrrole nitrogens is 1. The van der Waals surface area contributed by atoms with E-state index in [1.165, 1.54) is 18.2 Å². The van der Waals surface area contributed by atoms with E-state index in [1.807, 2.05) is 45.7 Å². The average molecular weight is 796 g/mol. The first-order chi connectivity index (χ1) is 27.7. The Bertz CT molecular complexity index is 2110. The van der Waals surface area contributed by atoms with Gasteiger partial charge in [-0.25, -0.2) is 14.6 Å². The number of benzene rings is 2. The molecule has 1 aliphatic carbocycles. The van der Waals surface area contributed by atoms with Gasteiger partial charge in [0.15, 0.2) is 0 Å². The highest BCUT2D eigenvalue weighted by molar-refractivity contribution is 5.96. The number of aromatic amines is 1. The first-order valence-electron chi connectivity index (χ1n) is 20.7. The van der Waals surface area contributed by atoms with E-state index in [0.717, 1.165) is 77.5 Å². The molecule has 5 heterocycles. The molecule has 7 atom stereocenters. The first-order valence-corrected chi connectivity index (χ1v) is 20.7. The SMILES string of the molecule is COC[C@H]1C[C@@H](c2ncc(-c3ccc4c(c3)COc3cc5c(cc3-4)CCC3NC([C@@H]4CC[C@H](C)N4C(=O)[C@@H](NC(=O)OC)C(C)C)=NC53)[nH]2)N(C(=O)OC(C)(C)C)C1. The van der Waals surface area contributed by atoms with Gasteiger partial charge in [-0.1, -0.05) is 26.0 Å². The number of likely N-dealkylation sites (tertiary alicyclic amines) is 2. The molecule has 2 saturated heterocycles. The number of aryl methyl sites for hydroxylation is 1. The topological polar surface area (TPSA) is 160 Å². The molecular formula is C44H57N7O7. The molecule has 0 spiro atoms. The van der Waals surface area contributed by atoms with Crippen molar-refractivity contribution in [1.82, 2.24) is 30.4 Å². The van der Waals surface area contributed by atoms with Crippen molar-refractivity contribution in [3.8, 4) is 28.1 Å². The predicted octanol–water partition coefficient (Wildman–Crippen LogP) is 6.70. The highest BCUT2D eigenvalue weighted by Crippen LogP contribution is 2.46. The third-order valence-electron chi connectivity index (χ3n) is 12.3. The van der Waals surface area contributed by atoms with Gasteiger partial charge < -0.3 is 39.5 Å². The number of methoxy groups -OCH3 is 2. The summed E-state index contributed by atoms with van der Waals surface area (Å²) in [5.74, 6) is 2.39. The van der Waals surface area contributed by atoms with Crippen LogP contribution in [-0.2, 0) is 32.0 Å².